The first-order valence-corrected chi connectivity index (χ1v) is 7.18. The molecule has 21 heavy (non-hydrogen) atoms. The minimum Gasteiger partial charge on any atom is -0.496 e. The van der Waals surface area contributed by atoms with E-state index in [1.807, 2.05) is 66.4 Å². The van der Waals surface area contributed by atoms with Crippen molar-refractivity contribution in [3.05, 3.63) is 65.7 Å². The molecular weight excluding hydrogens is 262 g/mol. The highest BCUT2D eigenvalue weighted by molar-refractivity contribution is 5.79. The van der Waals surface area contributed by atoms with Crippen LogP contribution in [-0.4, -0.2) is 24.5 Å². The summed E-state index contributed by atoms with van der Waals surface area (Å²) in [6.45, 7) is 3.34. The van der Waals surface area contributed by atoms with Crippen molar-refractivity contribution in [3.63, 3.8) is 0 Å². The zero-order valence-corrected chi connectivity index (χ0v) is 12.6. The van der Waals surface area contributed by atoms with Crippen LogP contribution in [0, 0.1) is 0 Å². The molecule has 1 amide bonds. The van der Waals surface area contributed by atoms with Crippen LogP contribution in [0.2, 0.25) is 0 Å². The van der Waals surface area contributed by atoms with Crippen molar-refractivity contribution in [2.45, 2.75) is 19.9 Å². The van der Waals surface area contributed by atoms with Gasteiger partial charge in [-0.1, -0.05) is 48.5 Å². The van der Waals surface area contributed by atoms with Gasteiger partial charge < -0.3 is 9.64 Å². The molecule has 0 N–H and O–H groups in total. The third-order valence-electron chi connectivity index (χ3n) is 3.48. The summed E-state index contributed by atoms with van der Waals surface area (Å²) >= 11 is 0. The van der Waals surface area contributed by atoms with Crippen LogP contribution in [0.25, 0.3) is 0 Å². The maximum absolute atomic E-state index is 12.5. The third-order valence-corrected chi connectivity index (χ3v) is 3.48. The topological polar surface area (TPSA) is 29.5 Å². The van der Waals surface area contributed by atoms with Gasteiger partial charge in [-0.3, -0.25) is 4.79 Å². The van der Waals surface area contributed by atoms with E-state index in [4.69, 9.17) is 4.74 Å². The molecule has 0 atom stereocenters. The predicted molar refractivity (Wildman–Crippen MR) is 84.2 cm³/mol. The summed E-state index contributed by atoms with van der Waals surface area (Å²) in [5, 5.41) is 0. The Hall–Kier alpha value is -2.29. The Labute approximate surface area is 126 Å². The fourth-order valence-corrected chi connectivity index (χ4v) is 2.30. The Morgan fingerprint density at radius 1 is 1.05 bits per heavy atom. The average Bonchev–Trinajstić information content (AvgIpc) is 2.54. The van der Waals surface area contributed by atoms with Crippen molar-refractivity contribution in [3.8, 4) is 5.75 Å². The first kappa shape index (κ1) is 15.1. The molecule has 0 aliphatic carbocycles. The maximum atomic E-state index is 12.5. The van der Waals surface area contributed by atoms with Gasteiger partial charge >= 0.3 is 0 Å². The number of amides is 1. The number of para-hydroxylation sites is 1. The van der Waals surface area contributed by atoms with E-state index in [1.165, 1.54) is 0 Å². The monoisotopic (exact) mass is 283 g/mol. The van der Waals surface area contributed by atoms with Gasteiger partial charge in [0.2, 0.25) is 5.91 Å². The molecule has 0 unspecified atom stereocenters. The lowest BCUT2D eigenvalue weighted by Gasteiger charge is -2.21. The molecule has 0 aliphatic rings. The number of likely N-dealkylation sites (N-methyl/N-ethyl adjacent to an activating group) is 1. The lowest BCUT2D eigenvalue weighted by molar-refractivity contribution is -0.130. The highest BCUT2D eigenvalue weighted by atomic mass is 16.5. The summed E-state index contributed by atoms with van der Waals surface area (Å²) in [4.78, 5) is 14.3. The second kappa shape index (κ2) is 7.48. The van der Waals surface area contributed by atoms with Gasteiger partial charge in [-0.25, -0.2) is 0 Å². The Morgan fingerprint density at radius 2 is 1.71 bits per heavy atom. The van der Waals surface area contributed by atoms with E-state index in [9.17, 15) is 4.79 Å². The van der Waals surface area contributed by atoms with E-state index < -0.39 is 0 Å². The van der Waals surface area contributed by atoms with Crippen LogP contribution in [0.4, 0.5) is 0 Å². The molecule has 2 aromatic rings. The molecule has 0 saturated carbocycles. The fourth-order valence-electron chi connectivity index (χ4n) is 2.30. The van der Waals surface area contributed by atoms with Crippen molar-refractivity contribution in [1.82, 2.24) is 4.90 Å². The minimum atomic E-state index is 0.117. The largest absolute Gasteiger partial charge is 0.496 e. The molecule has 0 spiro atoms. The molecule has 0 fully saturated rings. The molecule has 0 saturated heterocycles. The van der Waals surface area contributed by atoms with Gasteiger partial charge in [0, 0.05) is 18.7 Å². The molecule has 0 radical (unpaired) electrons. The number of benzene rings is 2. The molecule has 0 aromatic heterocycles. The molecule has 2 aromatic carbocycles. The zero-order chi connectivity index (χ0) is 15.1. The zero-order valence-electron chi connectivity index (χ0n) is 12.6. The Bertz CT molecular complexity index is 581. The third kappa shape index (κ3) is 4.09. The maximum Gasteiger partial charge on any atom is 0.227 e. The second-order valence-corrected chi connectivity index (χ2v) is 4.88. The smallest absolute Gasteiger partial charge is 0.227 e. The number of hydrogen-bond donors (Lipinski definition) is 0. The standard InChI is InChI=1S/C18H21NO2/c1-3-19(14-15-9-5-4-6-10-15)18(20)13-16-11-7-8-12-17(16)21-2/h4-12H,3,13-14H2,1-2H3. The van der Waals surface area contributed by atoms with Gasteiger partial charge in [-0.15, -0.1) is 0 Å². The SMILES string of the molecule is CCN(Cc1ccccc1)C(=O)Cc1ccccc1OC. The number of carbonyl (C=O) groups is 1. The van der Waals surface area contributed by atoms with E-state index in [0.717, 1.165) is 16.9 Å². The highest BCUT2D eigenvalue weighted by Gasteiger charge is 2.14. The number of carbonyl (C=O) groups excluding carboxylic acids is 1. The summed E-state index contributed by atoms with van der Waals surface area (Å²) in [5.74, 6) is 0.882. The summed E-state index contributed by atoms with van der Waals surface area (Å²) < 4.78 is 5.31. The molecular formula is C18H21NO2. The predicted octanol–water partition coefficient (Wildman–Crippen LogP) is 3.29. The van der Waals surface area contributed by atoms with Crippen LogP contribution in [-0.2, 0) is 17.8 Å². The van der Waals surface area contributed by atoms with Crippen molar-refractivity contribution < 1.29 is 9.53 Å². The number of methoxy groups -OCH3 is 1. The first-order chi connectivity index (χ1) is 10.2. The fraction of sp³-hybridized carbons (Fsp3) is 0.278. The van der Waals surface area contributed by atoms with E-state index in [1.54, 1.807) is 7.11 Å². The van der Waals surface area contributed by atoms with Gasteiger partial charge in [0.25, 0.3) is 0 Å². The lowest BCUT2D eigenvalue weighted by Crippen LogP contribution is -2.31. The van der Waals surface area contributed by atoms with Crippen molar-refractivity contribution in [2.75, 3.05) is 13.7 Å². The number of hydrogen-bond acceptors (Lipinski definition) is 2. The molecule has 2 rings (SSSR count). The van der Waals surface area contributed by atoms with Gasteiger partial charge in [0.05, 0.1) is 13.5 Å². The average molecular weight is 283 g/mol. The van der Waals surface area contributed by atoms with Crippen LogP contribution in [0.5, 0.6) is 5.75 Å². The second-order valence-electron chi connectivity index (χ2n) is 4.88. The molecule has 3 heteroatoms. The van der Waals surface area contributed by atoms with Crippen molar-refractivity contribution in [1.29, 1.82) is 0 Å². The van der Waals surface area contributed by atoms with Gasteiger partial charge in [-0.2, -0.15) is 0 Å². The molecule has 0 aliphatic heterocycles. The Kier molecular flexibility index (Phi) is 5.38. The molecule has 0 heterocycles. The summed E-state index contributed by atoms with van der Waals surface area (Å²) in [5.41, 5.74) is 2.07. The Morgan fingerprint density at radius 3 is 2.38 bits per heavy atom. The van der Waals surface area contributed by atoms with Crippen molar-refractivity contribution >= 4 is 5.91 Å². The lowest BCUT2D eigenvalue weighted by atomic mass is 10.1. The van der Waals surface area contributed by atoms with Crippen LogP contribution >= 0.6 is 0 Å². The highest BCUT2D eigenvalue weighted by Crippen LogP contribution is 2.19. The number of rotatable bonds is 6. The van der Waals surface area contributed by atoms with E-state index in [-0.39, 0.29) is 5.91 Å². The van der Waals surface area contributed by atoms with Crippen LogP contribution < -0.4 is 4.74 Å². The number of ether oxygens (including phenoxy) is 1. The van der Waals surface area contributed by atoms with E-state index in [2.05, 4.69) is 0 Å². The van der Waals surface area contributed by atoms with E-state index >= 15 is 0 Å². The van der Waals surface area contributed by atoms with Gasteiger partial charge in [0.1, 0.15) is 5.75 Å². The first-order valence-electron chi connectivity index (χ1n) is 7.18. The molecule has 3 nitrogen and oxygen atoms in total. The molecule has 110 valence electrons. The summed E-state index contributed by atoms with van der Waals surface area (Å²) in [6, 6.07) is 17.7. The van der Waals surface area contributed by atoms with Crippen LogP contribution in [0.15, 0.2) is 54.6 Å². The van der Waals surface area contributed by atoms with Crippen LogP contribution in [0.1, 0.15) is 18.1 Å². The molecule has 0 bridgehead atoms. The van der Waals surface area contributed by atoms with Crippen molar-refractivity contribution in [2.24, 2.45) is 0 Å². The summed E-state index contributed by atoms with van der Waals surface area (Å²) in [7, 11) is 1.63. The van der Waals surface area contributed by atoms with E-state index in [0.29, 0.717) is 19.5 Å². The minimum absolute atomic E-state index is 0.117. The van der Waals surface area contributed by atoms with Gasteiger partial charge in [0.15, 0.2) is 0 Å². The van der Waals surface area contributed by atoms with Gasteiger partial charge in [-0.05, 0) is 18.6 Å². The number of nitrogens with zero attached hydrogens (tertiary/aromatic N) is 1. The Balaban J connectivity index is 2.06. The normalized spacial score (nSPS) is 10.2. The van der Waals surface area contributed by atoms with Crippen LogP contribution in [0.3, 0.4) is 0 Å². The quantitative estimate of drug-likeness (QED) is 0.814. The summed E-state index contributed by atoms with van der Waals surface area (Å²) in [6.07, 6.45) is 0.366.